The lowest BCUT2D eigenvalue weighted by atomic mass is 10.0. The van der Waals surface area contributed by atoms with Gasteiger partial charge in [-0.25, -0.2) is 0 Å². The molecule has 378 valence electrons. The summed E-state index contributed by atoms with van der Waals surface area (Å²) in [5, 5.41) is 11.7. The van der Waals surface area contributed by atoms with Crippen molar-refractivity contribution in [2.24, 2.45) is 0 Å². The van der Waals surface area contributed by atoms with Crippen LogP contribution in [0.5, 0.6) is 0 Å². The SMILES string of the molecule is CCCCCCC/C=C/C=C/C=C/CCCCCCCC(=O)OC(COCCC(C(=O)[O-])[N+](C)(C)C)COC(=O)CCCCCCCCC/C=C/CCCCCCCCCCCCCC. The van der Waals surface area contributed by atoms with E-state index in [1.165, 1.54) is 148 Å². The summed E-state index contributed by atoms with van der Waals surface area (Å²) in [7, 11) is 5.41. The van der Waals surface area contributed by atoms with E-state index in [1.54, 1.807) is 21.1 Å². The normalized spacial score (nSPS) is 13.2. The molecule has 2 atom stereocenters. The first-order valence-corrected chi connectivity index (χ1v) is 27.2. The van der Waals surface area contributed by atoms with E-state index in [2.05, 4.69) is 62.5 Å². The Kier molecular flexibility index (Phi) is 45.8. The third-order valence-corrected chi connectivity index (χ3v) is 12.2. The first kappa shape index (κ1) is 62.3. The van der Waals surface area contributed by atoms with Crippen LogP contribution in [0.2, 0.25) is 0 Å². The van der Waals surface area contributed by atoms with E-state index in [-0.39, 0.29) is 42.7 Å². The molecule has 0 saturated carbocycles. The third-order valence-electron chi connectivity index (χ3n) is 12.2. The van der Waals surface area contributed by atoms with Crippen LogP contribution >= 0.6 is 0 Å². The van der Waals surface area contributed by atoms with Crippen molar-refractivity contribution in [2.75, 3.05) is 41.0 Å². The molecule has 0 amide bonds. The summed E-state index contributed by atoms with van der Waals surface area (Å²) in [6.07, 6.45) is 58.6. The van der Waals surface area contributed by atoms with E-state index in [0.717, 1.165) is 64.2 Å². The molecule has 0 aliphatic rings. The van der Waals surface area contributed by atoms with E-state index >= 15 is 0 Å². The predicted molar refractivity (Wildman–Crippen MR) is 273 cm³/mol. The first-order chi connectivity index (χ1) is 31.6. The lowest BCUT2D eigenvalue weighted by molar-refractivity contribution is -0.889. The number of ether oxygens (including phenoxy) is 3. The number of nitrogens with zero attached hydrogens (tertiary/aromatic N) is 1. The van der Waals surface area contributed by atoms with Gasteiger partial charge in [0.1, 0.15) is 12.6 Å². The predicted octanol–water partition coefficient (Wildman–Crippen LogP) is 14.6. The fourth-order valence-corrected chi connectivity index (χ4v) is 8.01. The van der Waals surface area contributed by atoms with Crippen molar-refractivity contribution >= 4 is 17.9 Å². The molecule has 0 N–H and O–H groups in total. The summed E-state index contributed by atoms with van der Waals surface area (Å²) in [5.41, 5.74) is 0. The average molecular weight is 914 g/mol. The van der Waals surface area contributed by atoms with Crippen molar-refractivity contribution in [3.05, 3.63) is 48.6 Å². The van der Waals surface area contributed by atoms with Crippen molar-refractivity contribution < 1.29 is 38.2 Å². The van der Waals surface area contributed by atoms with Gasteiger partial charge in [-0.05, 0) is 64.2 Å². The highest BCUT2D eigenvalue weighted by Gasteiger charge is 2.25. The minimum Gasteiger partial charge on any atom is -0.544 e. The second-order valence-electron chi connectivity index (χ2n) is 19.5. The summed E-state index contributed by atoms with van der Waals surface area (Å²) in [5.74, 6) is -1.76. The maximum absolute atomic E-state index is 12.8. The van der Waals surface area contributed by atoms with Crippen LogP contribution in [0.25, 0.3) is 0 Å². The van der Waals surface area contributed by atoms with Crippen LogP contribution in [0.1, 0.15) is 245 Å². The van der Waals surface area contributed by atoms with Crippen LogP contribution in [-0.4, -0.2) is 75.5 Å². The van der Waals surface area contributed by atoms with Crippen molar-refractivity contribution in [3.63, 3.8) is 0 Å². The summed E-state index contributed by atoms with van der Waals surface area (Å²) < 4.78 is 17.2. The molecule has 8 heteroatoms. The number of carboxylic acid groups (broad SMARTS) is 1. The highest BCUT2D eigenvalue weighted by molar-refractivity contribution is 5.70. The van der Waals surface area contributed by atoms with E-state index in [4.69, 9.17) is 14.2 Å². The zero-order valence-corrected chi connectivity index (χ0v) is 43.2. The molecule has 8 nitrogen and oxygen atoms in total. The maximum Gasteiger partial charge on any atom is 0.306 e. The molecule has 2 unspecified atom stereocenters. The van der Waals surface area contributed by atoms with Crippen LogP contribution in [0.4, 0.5) is 0 Å². The number of hydrogen-bond acceptors (Lipinski definition) is 7. The Morgan fingerprint density at radius 1 is 0.462 bits per heavy atom. The Hall–Kier alpha value is -2.71. The summed E-state index contributed by atoms with van der Waals surface area (Å²) in [6, 6.07) is -0.732. The number of aliphatic carboxylic acids is 1. The molecule has 0 spiro atoms. The minimum absolute atomic E-state index is 0.0310. The average Bonchev–Trinajstić information content (AvgIpc) is 3.27. The second kappa shape index (κ2) is 47.8. The standard InChI is InChI=1S/C57H103NO7/c1-6-8-10-12-14-16-18-20-22-24-26-27-28-29-30-32-33-35-37-39-41-43-45-47-55(59)64-52-53(51-63-50-49-54(57(61)62)58(3,4)5)65-56(60)48-46-44-42-40-38-36-34-31-25-23-21-19-17-15-13-11-9-7-2/h19,21,23,25,29-31,34,53-54H,6-18,20,22,24,26-28,32-33,35-52H2,1-5H3/b21-19+,25-23+,30-29+,34-31+. The van der Waals surface area contributed by atoms with Crippen molar-refractivity contribution in [1.29, 1.82) is 0 Å². The number of allylic oxidation sites excluding steroid dienone is 8. The molecule has 0 aliphatic heterocycles. The number of unbranched alkanes of at least 4 members (excludes halogenated alkanes) is 29. The number of carbonyl (C=O) groups excluding carboxylic acids is 3. The van der Waals surface area contributed by atoms with Gasteiger partial charge >= 0.3 is 11.9 Å². The minimum atomic E-state index is -1.13. The summed E-state index contributed by atoms with van der Waals surface area (Å²) in [6.45, 7) is 4.65. The monoisotopic (exact) mass is 914 g/mol. The molecule has 0 radical (unpaired) electrons. The van der Waals surface area contributed by atoms with Crippen LogP contribution < -0.4 is 5.11 Å². The highest BCUT2D eigenvalue weighted by Crippen LogP contribution is 2.15. The number of rotatable bonds is 49. The topological polar surface area (TPSA) is 102 Å². The van der Waals surface area contributed by atoms with Gasteiger partial charge in [0.25, 0.3) is 0 Å². The van der Waals surface area contributed by atoms with Gasteiger partial charge in [0.05, 0.1) is 40.3 Å². The molecular weight excluding hydrogens is 811 g/mol. The van der Waals surface area contributed by atoms with Gasteiger partial charge in [0.2, 0.25) is 0 Å². The first-order valence-electron chi connectivity index (χ1n) is 27.2. The molecule has 0 aromatic rings. The van der Waals surface area contributed by atoms with Crippen molar-refractivity contribution in [3.8, 4) is 0 Å². The van der Waals surface area contributed by atoms with Gasteiger partial charge in [-0.3, -0.25) is 9.59 Å². The van der Waals surface area contributed by atoms with Crippen molar-refractivity contribution in [2.45, 2.75) is 257 Å². The van der Waals surface area contributed by atoms with Gasteiger partial charge in [-0.15, -0.1) is 0 Å². The maximum atomic E-state index is 12.8. The fraction of sp³-hybridized carbons (Fsp3) is 0.807. The molecule has 0 aliphatic carbocycles. The van der Waals surface area contributed by atoms with Crippen LogP contribution in [0, 0.1) is 0 Å². The zero-order chi connectivity index (χ0) is 47.7. The van der Waals surface area contributed by atoms with E-state index in [0.29, 0.717) is 12.8 Å². The molecule has 65 heavy (non-hydrogen) atoms. The number of hydrogen-bond donors (Lipinski definition) is 0. The molecule has 0 heterocycles. The van der Waals surface area contributed by atoms with Gasteiger partial charge in [-0.2, -0.15) is 0 Å². The van der Waals surface area contributed by atoms with Gasteiger partial charge in [0, 0.05) is 19.3 Å². The van der Waals surface area contributed by atoms with Crippen LogP contribution in [0.15, 0.2) is 48.6 Å². The molecule has 0 aromatic heterocycles. The Bertz CT molecular complexity index is 1200. The number of likely N-dealkylation sites (N-methyl/N-ethyl adjacent to an activating group) is 1. The Labute approximate surface area is 401 Å². The molecular formula is C57H103NO7. The Morgan fingerprint density at radius 3 is 1.23 bits per heavy atom. The van der Waals surface area contributed by atoms with Crippen LogP contribution in [0.3, 0.4) is 0 Å². The fourth-order valence-electron chi connectivity index (χ4n) is 8.01. The van der Waals surface area contributed by atoms with E-state index in [1.807, 2.05) is 0 Å². The summed E-state index contributed by atoms with van der Waals surface area (Å²) in [4.78, 5) is 37.1. The lowest BCUT2D eigenvalue weighted by Crippen LogP contribution is -2.55. The Balaban J connectivity index is 4.23. The number of esters is 2. The zero-order valence-electron chi connectivity index (χ0n) is 43.2. The van der Waals surface area contributed by atoms with Gasteiger partial charge in [0.15, 0.2) is 6.10 Å². The highest BCUT2D eigenvalue weighted by atomic mass is 16.6. The quantitative estimate of drug-likeness (QED) is 0.0197. The summed E-state index contributed by atoms with van der Waals surface area (Å²) >= 11 is 0. The third kappa shape index (κ3) is 46.2. The number of quaternary nitrogens is 1. The number of carboxylic acids is 1. The Morgan fingerprint density at radius 2 is 0.831 bits per heavy atom. The second-order valence-corrected chi connectivity index (χ2v) is 19.5. The smallest absolute Gasteiger partial charge is 0.306 e. The molecule has 0 fully saturated rings. The van der Waals surface area contributed by atoms with Crippen LogP contribution in [-0.2, 0) is 28.6 Å². The molecule has 0 rings (SSSR count). The molecule has 0 saturated heterocycles. The van der Waals surface area contributed by atoms with E-state index < -0.39 is 18.1 Å². The molecule has 0 bridgehead atoms. The van der Waals surface area contributed by atoms with E-state index in [9.17, 15) is 19.5 Å². The lowest BCUT2D eigenvalue weighted by Gasteiger charge is -2.34. The number of carbonyl (C=O) groups is 3. The molecule has 0 aromatic carbocycles. The largest absolute Gasteiger partial charge is 0.544 e. The van der Waals surface area contributed by atoms with Crippen molar-refractivity contribution in [1.82, 2.24) is 0 Å². The van der Waals surface area contributed by atoms with Gasteiger partial charge < -0.3 is 28.6 Å². The van der Waals surface area contributed by atoms with Gasteiger partial charge in [-0.1, -0.05) is 210 Å².